The largest absolute Gasteiger partial charge is 0.494 e. The van der Waals surface area contributed by atoms with Gasteiger partial charge >= 0.3 is 0 Å². The Hall–Kier alpha value is -3.27. The van der Waals surface area contributed by atoms with E-state index in [4.69, 9.17) is 16.3 Å². The zero-order valence-corrected chi connectivity index (χ0v) is 27.0. The van der Waals surface area contributed by atoms with Gasteiger partial charge in [0.15, 0.2) is 0 Å². The van der Waals surface area contributed by atoms with E-state index in [-0.39, 0.29) is 42.7 Å². The van der Waals surface area contributed by atoms with E-state index in [1.54, 1.807) is 51.6 Å². The molecule has 3 aliphatic rings. The molecule has 0 radical (unpaired) electrons. The van der Waals surface area contributed by atoms with E-state index in [9.17, 15) is 19.5 Å². The van der Waals surface area contributed by atoms with Crippen molar-refractivity contribution in [1.29, 1.82) is 0 Å². The molecule has 6 atom stereocenters. The Morgan fingerprint density at radius 1 is 1.16 bits per heavy atom. The van der Waals surface area contributed by atoms with Gasteiger partial charge in [-0.2, -0.15) is 0 Å². The van der Waals surface area contributed by atoms with Gasteiger partial charge in [-0.3, -0.25) is 14.4 Å². The zero-order chi connectivity index (χ0) is 31.8. The number of benzene rings is 2. The lowest BCUT2D eigenvalue weighted by atomic mass is 9.70. The number of amides is 3. The van der Waals surface area contributed by atoms with Crippen LogP contribution in [-0.4, -0.2) is 76.1 Å². The highest BCUT2D eigenvalue weighted by Gasteiger charge is 2.74. The fraction of sp³-hybridized carbons (Fsp3) is 0.441. The molecule has 1 N–H and O–H groups in total. The molecular weight excluding hydrogens is 598 g/mol. The van der Waals surface area contributed by atoms with Gasteiger partial charge in [0.1, 0.15) is 11.8 Å². The molecule has 234 valence electrons. The van der Waals surface area contributed by atoms with Crippen molar-refractivity contribution >= 4 is 52.5 Å². The number of aliphatic hydroxyl groups excluding tert-OH is 1. The predicted octanol–water partition coefficient (Wildman–Crippen LogP) is 5.26. The van der Waals surface area contributed by atoms with E-state index in [0.29, 0.717) is 41.6 Å². The van der Waals surface area contributed by atoms with Gasteiger partial charge in [-0.25, -0.2) is 0 Å². The minimum atomic E-state index is -0.885. The van der Waals surface area contributed by atoms with Crippen molar-refractivity contribution in [3.05, 3.63) is 78.4 Å². The van der Waals surface area contributed by atoms with Crippen molar-refractivity contribution in [2.75, 3.05) is 36.1 Å². The van der Waals surface area contributed by atoms with E-state index in [0.717, 1.165) is 5.56 Å². The number of aliphatic hydroxyl groups is 1. The van der Waals surface area contributed by atoms with Crippen molar-refractivity contribution in [2.24, 2.45) is 11.8 Å². The number of fused-ring (bicyclic) bond motifs is 1. The molecule has 0 saturated carbocycles. The number of carbonyl (C=O) groups excluding carboxylic acids is 3. The predicted molar refractivity (Wildman–Crippen MR) is 176 cm³/mol. The maximum absolute atomic E-state index is 14.8. The average Bonchev–Trinajstić information content (AvgIpc) is 3.66. The molecule has 1 spiro atoms. The van der Waals surface area contributed by atoms with Crippen LogP contribution in [0.3, 0.4) is 0 Å². The van der Waals surface area contributed by atoms with Crippen LogP contribution >= 0.6 is 23.4 Å². The Balaban J connectivity index is 1.56. The smallest absolute Gasteiger partial charge is 0.251 e. The van der Waals surface area contributed by atoms with Crippen LogP contribution in [0.5, 0.6) is 5.75 Å². The van der Waals surface area contributed by atoms with Gasteiger partial charge < -0.3 is 24.5 Å². The van der Waals surface area contributed by atoms with Crippen molar-refractivity contribution < 1.29 is 24.2 Å². The van der Waals surface area contributed by atoms with Gasteiger partial charge in [-0.1, -0.05) is 35.9 Å². The first-order valence-electron chi connectivity index (χ1n) is 15.1. The number of anilines is 2. The Morgan fingerprint density at radius 2 is 1.84 bits per heavy atom. The van der Waals surface area contributed by atoms with E-state index >= 15 is 0 Å². The summed E-state index contributed by atoms with van der Waals surface area (Å²) in [6.07, 6.45) is 4.63. The number of ether oxygens (including phenoxy) is 1. The van der Waals surface area contributed by atoms with E-state index in [1.807, 2.05) is 50.2 Å². The normalized spacial score (nSPS) is 25.8. The van der Waals surface area contributed by atoms with Gasteiger partial charge in [-0.15, -0.1) is 24.9 Å². The van der Waals surface area contributed by atoms with Gasteiger partial charge in [0.2, 0.25) is 11.8 Å². The maximum atomic E-state index is 14.8. The number of aryl methyl sites for hydroxylation is 1. The SMILES string of the molecule is C=CCN(C(=O)[C@@H]1[C@H]2C(=O)N([C@H](C)CO)C(C(=O)N(CC=C)c3c(C)cccc3Cl)C23CC[C@H]1S3)c1ccc(OCC)cc1. The summed E-state index contributed by atoms with van der Waals surface area (Å²) in [4.78, 5) is 48.5. The fourth-order valence-corrected chi connectivity index (χ4v) is 9.78. The molecule has 10 heteroatoms. The number of halogens is 1. The third-order valence-corrected chi connectivity index (χ3v) is 11.3. The molecule has 3 fully saturated rings. The average molecular weight is 638 g/mol. The second kappa shape index (κ2) is 13.0. The highest BCUT2D eigenvalue weighted by molar-refractivity contribution is 8.02. The molecule has 3 heterocycles. The van der Waals surface area contributed by atoms with Crippen LogP contribution in [0.4, 0.5) is 11.4 Å². The number of para-hydroxylation sites is 1. The molecule has 2 aromatic rings. The highest BCUT2D eigenvalue weighted by Crippen LogP contribution is 2.67. The van der Waals surface area contributed by atoms with Crippen LogP contribution in [0.1, 0.15) is 32.3 Å². The summed E-state index contributed by atoms with van der Waals surface area (Å²) in [6, 6.07) is 11.3. The van der Waals surface area contributed by atoms with E-state index in [1.165, 1.54) is 0 Å². The van der Waals surface area contributed by atoms with Gasteiger partial charge in [0, 0.05) is 24.0 Å². The molecule has 3 amide bonds. The number of hydrogen-bond acceptors (Lipinski definition) is 6. The van der Waals surface area contributed by atoms with E-state index < -0.39 is 28.7 Å². The molecule has 2 unspecified atom stereocenters. The lowest BCUT2D eigenvalue weighted by molar-refractivity contribution is -0.141. The number of likely N-dealkylation sites (tertiary alicyclic amines) is 1. The summed E-state index contributed by atoms with van der Waals surface area (Å²) >= 11 is 8.24. The van der Waals surface area contributed by atoms with Crippen LogP contribution in [0, 0.1) is 18.8 Å². The third kappa shape index (κ3) is 5.22. The van der Waals surface area contributed by atoms with Crippen molar-refractivity contribution in [2.45, 2.75) is 55.7 Å². The number of carbonyl (C=O) groups is 3. The molecule has 0 aromatic heterocycles. The number of hydrogen-bond donors (Lipinski definition) is 1. The lowest BCUT2D eigenvalue weighted by Crippen LogP contribution is -2.57. The second-order valence-electron chi connectivity index (χ2n) is 11.6. The summed E-state index contributed by atoms with van der Waals surface area (Å²) in [5, 5.41) is 10.6. The van der Waals surface area contributed by atoms with Crippen molar-refractivity contribution in [3.8, 4) is 5.75 Å². The maximum Gasteiger partial charge on any atom is 0.251 e. The van der Waals surface area contributed by atoms with Crippen LogP contribution < -0.4 is 14.5 Å². The Kier molecular flexibility index (Phi) is 9.49. The summed E-state index contributed by atoms with van der Waals surface area (Å²) < 4.78 is 4.76. The molecule has 5 rings (SSSR count). The first-order valence-corrected chi connectivity index (χ1v) is 16.3. The van der Waals surface area contributed by atoms with Crippen LogP contribution in [0.15, 0.2) is 67.8 Å². The van der Waals surface area contributed by atoms with Gasteiger partial charge in [0.05, 0.1) is 46.5 Å². The first-order chi connectivity index (χ1) is 21.1. The minimum Gasteiger partial charge on any atom is -0.494 e. The zero-order valence-electron chi connectivity index (χ0n) is 25.4. The van der Waals surface area contributed by atoms with Crippen LogP contribution in [-0.2, 0) is 14.4 Å². The lowest BCUT2D eigenvalue weighted by Gasteiger charge is -2.39. The second-order valence-corrected chi connectivity index (χ2v) is 13.6. The topological polar surface area (TPSA) is 90.4 Å². The molecule has 2 bridgehead atoms. The molecular formula is C34H40ClN3O5S. The standard InChI is InChI=1S/C34H40ClN3O5S/c1-6-18-36(23-12-14-24(15-13-23)43-8-3)31(40)27-26-16-17-34(44-26)28(27)32(41)38(22(5)20-39)30(34)33(42)37(19-7-2)29-21(4)10-9-11-25(29)35/h6-7,9-15,22,26-28,30,39H,1-2,8,16-20H2,3-5H3/t22-,26-,27+,28+,30?,34?/m1/s1. The fourth-order valence-electron chi connectivity index (χ4n) is 7.27. The van der Waals surface area contributed by atoms with E-state index in [2.05, 4.69) is 13.2 Å². The molecule has 8 nitrogen and oxygen atoms in total. The molecule has 0 aliphatic carbocycles. The van der Waals surface area contributed by atoms with Gasteiger partial charge in [-0.05, 0) is 69.5 Å². The van der Waals surface area contributed by atoms with Gasteiger partial charge in [0.25, 0.3) is 5.91 Å². The van der Waals surface area contributed by atoms with Crippen LogP contribution in [0.2, 0.25) is 5.02 Å². The third-order valence-electron chi connectivity index (χ3n) is 9.07. The minimum absolute atomic E-state index is 0.122. The molecule has 44 heavy (non-hydrogen) atoms. The Labute approximate surface area is 268 Å². The summed E-state index contributed by atoms with van der Waals surface area (Å²) in [5.41, 5.74) is 2.07. The summed E-state index contributed by atoms with van der Waals surface area (Å²) in [5.74, 6) is -1.36. The van der Waals surface area contributed by atoms with Crippen molar-refractivity contribution in [3.63, 3.8) is 0 Å². The van der Waals surface area contributed by atoms with Crippen molar-refractivity contribution in [1.82, 2.24) is 4.90 Å². The summed E-state index contributed by atoms with van der Waals surface area (Å²) in [7, 11) is 0. The summed E-state index contributed by atoms with van der Waals surface area (Å²) in [6.45, 7) is 14.0. The monoisotopic (exact) mass is 637 g/mol. The first kappa shape index (κ1) is 32.1. The number of rotatable bonds is 12. The quantitative estimate of drug-likeness (QED) is 0.320. The number of nitrogens with zero attached hydrogens (tertiary/aromatic N) is 3. The highest BCUT2D eigenvalue weighted by atomic mass is 35.5. The molecule has 3 saturated heterocycles. The number of thioether (sulfide) groups is 1. The Morgan fingerprint density at radius 3 is 2.45 bits per heavy atom. The van der Waals surface area contributed by atoms with Crippen LogP contribution in [0.25, 0.3) is 0 Å². The molecule has 2 aromatic carbocycles. The Bertz CT molecular complexity index is 1430. The molecule has 3 aliphatic heterocycles.